The molecule has 2 amide bonds. The number of ether oxygens (including phenoxy) is 1. The number of hydrogen-bond acceptors (Lipinski definition) is 8. The molecule has 2 rings (SSSR count). The zero-order valence-electron chi connectivity index (χ0n) is 16.4. The molecule has 0 heterocycles. The topological polar surface area (TPSA) is 188 Å². The average Bonchev–Trinajstić information content (AvgIpc) is 2.69. The zero-order chi connectivity index (χ0) is 26.0. The maximum Gasteiger partial charge on any atom is 0.573 e. The fourth-order valence-corrected chi connectivity index (χ4v) is 4.66. The maximum atomic E-state index is 12.8. The summed E-state index contributed by atoms with van der Waals surface area (Å²) < 4.78 is 69.3. The van der Waals surface area contributed by atoms with Crippen molar-refractivity contribution in [1.29, 1.82) is 0 Å². The van der Waals surface area contributed by atoms with E-state index < -0.39 is 79.3 Å². The van der Waals surface area contributed by atoms with Crippen molar-refractivity contribution >= 4 is 55.1 Å². The highest BCUT2D eigenvalue weighted by Crippen LogP contribution is 2.39. The Hall–Kier alpha value is -2.95. The third-order valence-electron chi connectivity index (χ3n) is 3.92. The van der Waals surface area contributed by atoms with Gasteiger partial charge in [0.15, 0.2) is 11.5 Å². The molecule has 0 spiro atoms. The average molecular weight is 593 g/mol. The third-order valence-corrected chi connectivity index (χ3v) is 6.04. The van der Waals surface area contributed by atoms with Crippen molar-refractivity contribution in [3.63, 3.8) is 0 Å². The summed E-state index contributed by atoms with van der Waals surface area (Å²) in [5.74, 6) is -5.84. The molecule has 11 nitrogen and oxygen atoms in total. The number of sulfonamides is 1. The van der Waals surface area contributed by atoms with Gasteiger partial charge in [0.1, 0.15) is 16.7 Å². The quantitative estimate of drug-likeness (QED) is 0.250. The van der Waals surface area contributed by atoms with Crippen molar-refractivity contribution in [3.8, 4) is 17.2 Å². The number of nitrogens with one attached hydrogen (secondary N) is 2. The Balaban J connectivity index is 2.61. The van der Waals surface area contributed by atoms with E-state index in [0.717, 1.165) is 12.1 Å². The van der Waals surface area contributed by atoms with E-state index in [1.165, 1.54) is 0 Å². The minimum Gasteiger partial charge on any atom is -0.505 e. The number of alkyl halides is 3. The van der Waals surface area contributed by atoms with Crippen LogP contribution >= 0.6 is 27.5 Å². The Morgan fingerprint density at radius 1 is 1.18 bits per heavy atom. The van der Waals surface area contributed by atoms with Crippen LogP contribution in [-0.4, -0.2) is 54.6 Å². The van der Waals surface area contributed by atoms with E-state index in [2.05, 4.69) is 20.7 Å². The van der Waals surface area contributed by atoms with Gasteiger partial charge in [0, 0.05) is 10.5 Å². The van der Waals surface area contributed by atoms with Crippen molar-refractivity contribution in [2.75, 3.05) is 11.3 Å². The van der Waals surface area contributed by atoms with Crippen molar-refractivity contribution in [1.82, 2.24) is 5.32 Å². The second kappa shape index (κ2) is 10.1. The highest BCUT2D eigenvalue weighted by atomic mass is 79.9. The minimum atomic E-state index is -5.28. The molecule has 0 aliphatic carbocycles. The lowest BCUT2D eigenvalue weighted by Gasteiger charge is -2.18. The second-order valence-electron chi connectivity index (χ2n) is 6.37. The highest BCUT2D eigenvalue weighted by Gasteiger charge is 2.33. The van der Waals surface area contributed by atoms with Gasteiger partial charge in [0.25, 0.3) is 15.9 Å². The van der Waals surface area contributed by atoms with E-state index in [1.807, 2.05) is 5.32 Å². The number of phenolic OH excluding ortho intramolecular Hbond substituents is 2. The van der Waals surface area contributed by atoms with Gasteiger partial charge in [-0.2, -0.15) is 0 Å². The number of carbonyl (C=O) groups excluding carboxylic acids is 2. The summed E-state index contributed by atoms with van der Waals surface area (Å²) in [5.41, 5.74) is 3.01. The van der Waals surface area contributed by atoms with E-state index in [9.17, 15) is 41.4 Å². The predicted octanol–water partition coefficient (Wildman–Crippen LogP) is 1.79. The summed E-state index contributed by atoms with van der Waals surface area (Å²) in [6.45, 7) is -0.983. The van der Waals surface area contributed by atoms with E-state index in [1.54, 1.807) is 4.72 Å². The number of nitrogens with two attached hydrogens (primary N) is 1. The molecule has 0 fully saturated rings. The maximum absolute atomic E-state index is 12.8. The molecule has 0 bridgehead atoms. The van der Waals surface area contributed by atoms with Crippen LogP contribution in [0.5, 0.6) is 17.2 Å². The largest absolute Gasteiger partial charge is 0.573 e. The fourth-order valence-electron chi connectivity index (χ4n) is 2.44. The van der Waals surface area contributed by atoms with Gasteiger partial charge in [-0.25, -0.2) is 8.42 Å². The van der Waals surface area contributed by atoms with Gasteiger partial charge >= 0.3 is 6.36 Å². The molecule has 0 radical (unpaired) electrons. The number of amides is 2. The molecule has 186 valence electrons. The Kier molecular flexibility index (Phi) is 8.13. The number of anilines is 1. The number of hydrogen-bond donors (Lipinski definition) is 6. The monoisotopic (exact) mass is 591 g/mol. The van der Waals surface area contributed by atoms with Crippen LogP contribution in [0.4, 0.5) is 18.9 Å². The van der Waals surface area contributed by atoms with Crippen LogP contribution in [-0.2, 0) is 14.8 Å². The van der Waals surface area contributed by atoms with Crippen LogP contribution in [0, 0.1) is 0 Å². The van der Waals surface area contributed by atoms with Crippen molar-refractivity contribution in [2.45, 2.75) is 17.3 Å². The number of rotatable bonds is 8. The summed E-state index contributed by atoms with van der Waals surface area (Å²) in [4.78, 5) is 22.8. The van der Waals surface area contributed by atoms with Gasteiger partial charge in [-0.15, -0.1) is 13.2 Å². The lowest BCUT2D eigenvalue weighted by molar-refractivity contribution is -0.274. The molecule has 0 aromatic heterocycles. The molecule has 2 aromatic carbocycles. The van der Waals surface area contributed by atoms with Crippen LogP contribution in [0.1, 0.15) is 10.4 Å². The normalized spacial score (nSPS) is 12.6. The van der Waals surface area contributed by atoms with Gasteiger partial charge in [-0.1, -0.05) is 27.5 Å². The number of carbonyl (C=O) groups is 2. The van der Waals surface area contributed by atoms with Crippen LogP contribution in [0.25, 0.3) is 0 Å². The predicted molar refractivity (Wildman–Crippen MR) is 114 cm³/mol. The molecule has 0 saturated heterocycles. The van der Waals surface area contributed by atoms with Gasteiger partial charge in [-0.05, 0) is 18.2 Å². The Bertz CT molecular complexity index is 1240. The first kappa shape index (κ1) is 27.3. The second-order valence-corrected chi connectivity index (χ2v) is 9.34. The number of aromatic hydroxyl groups is 2. The Morgan fingerprint density at radius 3 is 2.32 bits per heavy atom. The summed E-state index contributed by atoms with van der Waals surface area (Å²) in [5, 5.41) is 30.9. The molecule has 34 heavy (non-hydrogen) atoms. The van der Waals surface area contributed by atoms with Crippen molar-refractivity contribution in [3.05, 3.63) is 39.3 Å². The van der Waals surface area contributed by atoms with E-state index in [-0.39, 0.29) is 4.47 Å². The minimum absolute atomic E-state index is 0.107. The number of halogens is 5. The third kappa shape index (κ3) is 6.55. The molecule has 1 unspecified atom stereocenters. The SMILES string of the molecule is NC(=O)C(CO)NC(=O)c1cc(OC(F)(F)F)cc(NS(=O)(=O)c2cc(Br)cc(Cl)c2O)c1O. The molecule has 0 aliphatic rings. The van der Waals surface area contributed by atoms with Gasteiger partial charge < -0.3 is 31.1 Å². The van der Waals surface area contributed by atoms with E-state index in [0.29, 0.717) is 12.1 Å². The lowest BCUT2D eigenvalue weighted by atomic mass is 10.1. The molecule has 1 atom stereocenters. The molecule has 0 aliphatic heterocycles. The molecular formula is C17H14BrClF3N3O8S. The van der Waals surface area contributed by atoms with Crippen molar-refractivity contribution < 1.29 is 51.2 Å². The first-order valence-electron chi connectivity index (χ1n) is 8.60. The summed E-state index contributed by atoms with van der Waals surface area (Å²) >= 11 is 8.70. The van der Waals surface area contributed by atoms with Gasteiger partial charge in [0.05, 0.1) is 22.9 Å². The lowest BCUT2D eigenvalue weighted by Crippen LogP contribution is -2.46. The van der Waals surface area contributed by atoms with E-state index >= 15 is 0 Å². The van der Waals surface area contributed by atoms with E-state index in [4.69, 9.17) is 22.4 Å². The molecule has 0 saturated carbocycles. The van der Waals surface area contributed by atoms with Crippen LogP contribution in [0.3, 0.4) is 0 Å². The Labute approximate surface area is 202 Å². The number of phenols is 2. The highest BCUT2D eigenvalue weighted by molar-refractivity contribution is 9.10. The Morgan fingerprint density at radius 2 is 1.79 bits per heavy atom. The molecule has 2 aromatic rings. The van der Waals surface area contributed by atoms with Crippen LogP contribution < -0.4 is 20.5 Å². The summed E-state index contributed by atoms with van der Waals surface area (Å²) in [6.07, 6.45) is -5.28. The van der Waals surface area contributed by atoms with Crippen LogP contribution in [0.15, 0.2) is 33.6 Å². The molecular weight excluding hydrogens is 579 g/mol. The van der Waals surface area contributed by atoms with Crippen molar-refractivity contribution in [2.24, 2.45) is 5.73 Å². The standard InChI is InChI=1S/C17H14BrClF3N3O8S/c18-6-1-9(19)14(28)12(2-6)34(31,32)25-10-4-7(33-17(20,21)22)3-8(13(10)27)16(30)24-11(5-26)15(23)29/h1-4,11,25-28H,5H2,(H2,23,29)(H,24,30). The zero-order valence-corrected chi connectivity index (χ0v) is 19.5. The smallest absolute Gasteiger partial charge is 0.505 e. The molecule has 7 N–H and O–H groups in total. The number of aliphatic hydroxyl groups excluding tert-OH is 1. The first-order valence-corrected chi connectivity index (χ1v) is 11.3. The number of primary amides is 1. The molecule has 17 heteroatoms. The number of aliphatic hydroxyl groups is 1. The first-order chi connectivity index (χ1) is 15.6. The fraction of sp³-hybridized carbons (Fsp3) is 0.176. The van der Waals surface area contributed by atoms with Crippen LogP contribution in [0.2, 0.25) is 5.02 Å². The number of benzene rings is 2. The van der Waals surface area contributed by atoms with Gasteiger partial charge in [-0.3, -0.25) is 14.3 Å². The summed E-state index contributed by atoms with van der Waals surface area (Å²) in [7, 11) is -4.81. The summed E-state index contributed by atoms with van der Waals surface area (Å²) in [6, 6.07) is 1.19. The van der Waals surface area contributed by atoms with Gasteiger partial charge in [0.2, 0.25) is 5.91 Å².